The lowest BCUT2D eigenvalue weighted by Gasteiger charge is -2.25. The number of para-hydroxylation sites is 1. The highest BCUT2D eigenvalue weighted by atomic mass is 32.2. The minimum absolute atomic E-state index is 0.198. The number of thioether (sulfide) groups is 1. The van der Waals surface area contributed by atoms with E-state index in [0.717, 1.165) is 29.1 Å². The quantitative estimate of drug-likeness (QED) is 0.751. The van der Waals surface area contributed by atoms with E-state index in [1.54, 1.807) is 16.8 Å². The molecule has 1 aliphatic heterocycles. The fraction of sp³-hybridized carbons (Fsp3) is 0.200. The Hall–Kier alpha value is -2.60. The molecule has 6 heteroatoms. The number of aryl methyl sites for hydroxylation is 1. The first kappa shape index (κ1) is 16.8. The highest BCUT2D eigenvalue weighted by molar-refractivity contribution is 7.99. The van der Waals surface area contributed by atoms with Crippen LogP contribution in [-0.4, -0.2) is 21.4 Å². The maximum absolute atomic E-state index is 14.0. The number of halogens is 1. The van der Waals surface area contributed by atoms with Crippen molar-refractivity contribution in [1.82, 2.24) is 15.1 Å². The van der Waals surface area contributed by atoms with Gasteiger partial charge in [0.1, 0.15) is 5.82 Å². The molecule has 4 rings (SSSR count). The first-order valence-corrected chi connectivity index (χ1v) is 9.46. The summed E-state index contributed by atoms with van der Waals surface area (Å²) in [5.74, 6) is 0.307. The van der Waals surface area contributed by atoms with Gasteiger partial charge in [0, 0.05) is 16.3 Å². The average Bonchev–Trinajstić information content (AvgIpc) is 3.05. The standard InChI is InChI=1S/C20H18FN3OS/c1-13-12-18(23-24(13)14-6-3-2-4-7-14)20(25)22-17-10-11-26-19-15(17)8-5-9-16(19)21/h2-9,12,17H,10-11H2,1H3,(H,22,25). The summed E-state index contributed by atoms with van der Waals surface area (Å²) in [7, 11) is 0. The Morgan fingerprint density at radius 3 is 2.85 bits per heavy atom. The molecule has 3 aromatic rings. The second-order valence-electron chi connectivity index (χ2n) is 6.24. The van der Waals surface area contributed by atoms with Crippen LogP contribution in [0.5, 0.6) is 0 Å². The highest BCUT2D eigenvalue weighted by Crippen LogP contribution is 2.37. The molecule has 2 heterocycles. The van der Waals surface area contributed by atoms with Crippen LogP contribution in [0.15, 0.2) is 59.5 Å². The van der Waals surface area contributed by atoms with Gasteiger partial charge in [-0.3, -0.25) is 4.79 Å². The third-order valence-electron chi connectivity index (χ3n) is 4.45. The van der Waals surface area contributed by atoms with E-state index in [1.165, 1.54) is 17.8 Å². The molecule has 0 saturated carbocycles. The van der Waals surface area contributed by atoms with Crippen LogP contribution in [-0.2, 0) is 0 Å². The zero-order chi connectivity index (χ0) is 18.1. The summed E-state index contributed by atoms with van der Waals surface area (Å²) in [6, 6.07) is 16.3. The fourth-order valence-electron chi connectivity index (χ4n) is 3.18. The lowest BCUT2D eigenvalue weighted by molar-refractivity contribution is 0.0929. The van der Waals surface area contributed by atoms with Gasteiger partial charge in [-0.25, -0.2) is 9.07 Å². The van der Waals surface area contributed by atoms with Crippen molar-refractivity contribution >= 4 is 17.7 Å². The predicted molar refractivity (Wildman–Crippen MR) is 100 cm³/mol. The Kier molecular flexibility index (Phi) is 4.51. The zero-order valence-corrected chi connectivity index (χ0v) is 15.1. The highest BCUT2D eigenvalue weighted by Gasteiger charge is 2.25. The molecule has 0 aliphatic carbocycles. The van der Waals surface area contributed by atoms with Gasteiger partial charge in [-0.1, -0.05) is 30.3 Å². The Bertz CT molecular complexity index is 955. The fourth-order valence-corrected chi connectivity index (χ4v) is 4.33. The molecule has 0 radical (unpaired) electrons. The summed E-state index contributed by atoms with van der Waals surface area (Å²) in [5.41, 5.74) is 2.99. The van der Waals surface area contributed by atoms with Gasteiger partial charge in [-0.2, -0.15) is 5.10 Å². The van der Waals surface area contributed by atoms with Crippen molar-refractivity contribution in [3.8, 4) is 5.69 Å². The summed E-state index contributed by atoms with van der Waals surface area (Å²) < 4.78 is 15.7. The van der Waals surface area contributed by atoms with Gasteiger partial charge in [-0.15, -0.1) is 11.8 Å². The molecule has 1 amide bonds. The smallest absolute Gasteiger partial charge is 0.272 e. The molecule has 1 aliphatic rings. The summed E-state index contributed by atoms with van der Waals surface area (Å²) in [6.07, 6.45) is 0.769. The van der Waals surface area contributed by atoms with Crippen LogP contribution < -0.4 is 5.32 Å². The number of nitrogens with zero attached hydrogens (tertiary/aromatic N) is 2. The number of amides is 1. The molecule has 2 aromatic carbocycles. The van der Waals surface area contributed by atoms with Gasteiger partial charge >= 0.3 is 0 Å². The van der Waals surface area contributed by atoms with Crippen LogP contribution in [0.1, 0.15) is 34.2 Å². The van der Waals surface area contributed by atoms with Crippen LogP contribution in [0.25, 0.3) is 5.69 Å². The second kappa shape index (κ2) is 6.96. The van der Waals surface area contributed by atoms with Crippen molar-refractivity contribution in [2.75, 3.05) is 5.75 Å². The maximum atomic E-state index is 14.0. The van der Waals surface area contributed by atoms with Crippen molar-refractivity contribution in [3.05, 3.63) is 77.4 Å². The van der Waals surface area contributed by atoms with Crippen molar-refractivity contribution < 1.29 is 9.18 Å². The first-order chi connectivity index (χ1) is 12.6. The number of hydrogen-bond donors (Lipinski definition) is 1. The van der Waals surface area contributed by atoms with Crippen LogP contribution in [0.2, 0.25) is 0 Å². The van der Waals surface area contributed by atoms with Crippen LogP contribution in [0.4, 0.5) is 4.39 Å². The summed E-state index contributed by atoms with van der Waals surface area (Å²) in [4.78, 5) is 13.4. The molecule has 1 aromatic heterocycles. The van der Waals surface area contributed by atoms with Crippen molar-refractivity contribution in [2.45, 2.75) is 24.3 Å². The van der Waals surface area contributed by atoms with Gasteiger partial charge < -0.3 is 5.32 Å². The molecule has 0 saturated heterocycles. The number of carbonyl (C=O) groups is 1. The molecule has 26 heavy (non-hydrogen) atoms. The minimum Gasteiger partial charge on any atom is -0.344 e. The Labute approximate surface area is 155 Å². The molecule has 1 unspecified atom stereocenters. The summed E-state index contributed by atoms with van der Waals surface area (Å²) in [6.45, 7) is 1.92. The number of benzene rings is 2. The number of rotatable bonds is 3. The van der Waals surface area contributed by atoms with Gasteiger partial charge in [-0.05, 0) is 43.2 Å². The summed E-state index contributed by atoms with van der Waals surface area (Å²) >= 11 is 1.50. The average molecular weight is 367 g/mol. The van der Waals surface area contributed by atoms with Gasteiger partial charge in [0.25, 0.3) is 5.91 Å². The third-order valence-corrected chi connectivity index (χ3v) is 5.61. The van der Waals surface area contributed by atoms with E-state index in [2.05, 4.69) is 10.4 Å². The van der Waals surface area contributed by atoms with E-state index in [1.807, 2.05) is 43.3 Å². The maximum Gasteiger partial charge on any atom is 0.272 e. The number of aromatic nitrogens is 2. The van der Waals surface area contributed by atoms with E-state index < -0.39 is 0 Å². The topological polar surface area (TPSA) is 46.9 Å². The molecule has 1 N–H and O–H groups in total. The number of hydrogen-bond acceptors (Lipinski definition) is 3. The minimum atomic E-state index is -0.241. The van der Waals surface area contributed by atoms with Crippen LogP contribution in [0.3, 0.4) is 0 Å². The molecule has 0 fully saturated rings. The number of nitrogens with one attached hydrogen (secondary N) is 1. The zero-order valence-electron chi connectivity index (χ0n) is 14.3. The molecule has 132 valence electrons. The second-order valence-corrected chi connectivity index (χ2v) is 7.34. The third kappa shape index (κ3) is 3.12. The van der Waals surface area contributed by atoms with Crippen molar-refractivity contribution in [3.63, 3.8) is 0 Å². The number of carbonyl (C=O) groups excluding carboxylic acids is 1. The SMILES string of the molecule is Cc1cc(C(=O)NC2CCSc3c(F)cccc32)nn1-c1ccccc1. The van der Waals surface area contributed by atoms with Crippen molar-refractivity contribution in [2.24, 2.45) is 0 Å². The molecule has 1 atom stereocenters. The van der Waals surface area contributed by atoms with Gasteiger partial charge in [0.15, 0.2) is 5.69 Å². The summed E-state index contributed by atoms with van der Waals surface area (Å²) in [5, 5.41) is 7.46. The molecular weight excluding hydrogens is 349 g/mol. The molecule has 4 nitrogen and oxygen atoms in total. The number of fused-ring (bicyclic) bond motifs is 1. The Morgan fingerprint density at radius 2 is 2.04 bits per heavy atom. The van der Waals surface area contributed by atoms with Gasteiger partial charge in [0.05, 0.1) is 11.7 Å². The van der Waals surface area contributed by atoms with E-state index >= 15 is 0 Å². The lowest BCUT2D eigenvalue weighted by atomic mass is 10.0. The molecule has 0 bridgehead atoms. The monoisotopic (exact) mass is 367 g/mol. The van der Waals surface area contributed by atoms with Crippen LogP contribution in [0, 0.1) is 12.7 Å². The largest absolute Gasteiger partial charge is 0.344 e. The normalized spacial score (nSPS) is 16.2. The lowest BCUT2D eigenvalue weighted by Crippen LogP contribution is -2.31. The van der Waals surface area contributed by atoms with E-state index in [4.69, 9.17) is 0 Å². The molecule has 0 spiro atoms. The Balaban J connectivity index is 1.58. The molecular formula is C20H18FN3OS. The Morgan fingerprint density at radius 1 is 1.23 bits per heavy atom. The van der Waals surface area contributed by atoms with Crippen LogP contribution >= 0.6 is 11.8 Å². The van der Waals surface area contributed by atoms with E-state index in [-0.39, 0.29) is 17.8 Å². The predicted octanol–water partition coefficient (Wildman–Crippen LogP) is 4.29. The van der Waals surface area contributed by atoms with Gasteiger partial charge in [0.2, 0.25) is 0 Å². The van der Waals surface area contributed by atoms with E-state index in [0.29, 0.717) is 10.6 Å². The van der Waals surface area contributed by atoms with Crippen molar-refractivity contribution in [1.29, 1.82) is 0 Å². The first-order valence-electron chi connectivity index (χ1n) is 8.47. The van der Waals surface area contributed by atoms with E-state index in [9.17, 15) is 9.18 Å².